The highest BCUT2D eigenvalue weighted by Crippen LogP contribution is 2.20. The number of nitrogens with one attached hydrogen (secondary N) is 1. The third kappa shape index (κ3) is 2.36. The molecule has 1 aliphatic rings. The lowest BCUT2D eigenvalue weighted by Gasteiger charge is -2.32. The fourth-order valence-corrected chi connectivity index (χ4v) is 2.02. The molecule has 0 bridgehead atoms. The lowest BCUT2D eigenvalue weighted by atomic mass is 10.3. The van der Waals surface area contributed by atoms with Gasteiger partial charge in [0.15, 0.2) is 5.82 Å². The fraction of sp³-hybridized carbons (Fsp3) is 0.600. The van der Waals surface area contributed by atoms with Crippen molar-refractivity contribution < 1.29 is 4.92 Å². The first-order chi connectivity index (χ1) is 8.91. The van der Waals surface area contributed by atoms with E-state index in [1.165, 1.54) is 7.05 Å². The third-order valence-electron chi connectivity index (χ3n) is 3.26. The summed E-state index contributed by atoms with van der Waals surface area (Å²) in [6.07, 6.45) is 0. The van der Waals surface area contributed by atoms with Gasteiger partial charge in [0.25, 0.3) is 0 Å². The number of piperazine rings is 1. The molecule has 2 rings (SSSR count). The fourth-order valence-electron chi connectivity index (χ4n) is 2.02. The van der Waals surface area contributed by atoms with Crippen LogP contribution in [0.15, 0.2) is 9.59 Å². The van der Waals surface area contributed by atoms with E-state index in [1.807, 2.05) is 7.05 Å². The highest BCUT2D eigenvalue weighted by atomic mass is 16.6. The molecule has 1 N–H and O–H groups in total. The summed E-state index contributed by atoms with van der Waals surface area (Å²) in [5.74, 6) is 0.00574. The summed E-state index contributed by atoms with van der Waals surface area (Å²) in [4.78, 5) is 39.9. The molecule has 1 fully saturated rings. The van der Waals surface area contributed by atoms with E-state index in [0.29, 0.717) is 30.7 Å². The number of hydrogen-bond acceptors (Lipinski definition) is 6. The average Bonchev–Trinajstić information content (AvgIpc) is 2.36. The maximum atomic E-state index is 11.8. The van der Waals surface area contributed by atoms with Gasteiger partial charge in [-0.3, -0.25) is 24.5 Å². The number of likely N-dealkylation sites (N-methyl/N-ethyl adjacent to an activating group) is 1. The molecule has 0 saturated carbocycles. The van der Waals surface area contributed by atoms with Gasteiger partial charge in [-0.25, -0.2) is 4.79 Å². The van der Waals surface area contributed by atoms with Crippen LogP contribution >= 0.6 is 0 Å². The van der Waals surface area contributed by atoms with Crippen molar-refractivity contribution in [3.05, 3.63) is 31.0 Å². The Balaban J connectivity index is 2.53. The monoisotopic (exact) mass is 269 g/mol. The quantitative estimate of drug-likeness (QED) is 0.530. The number of aromatic nitrogens is 2. The SMILES string of the molecule is CN1CCN(c2[nH]c(=O)n(C)c(=O)c2[N+](=O)[O-])CC1. The van der Waals surface area contributed by atoms with Crippen LogP contribution in [-0.4, -0.2) is 52.6 Å². The Labute approximate surface area is 108 Å². The molecule has 9 heteroatoms. The minimum absolute atomic E-state index is 0.00574. The van der Waals surface area contributed by atoms with Crippen LogP contribution in [0, 0.1) is 10.1 Å². The van der Waals surface area contributed by atoms with Gasteiger partial charge in [-0.15, -0.1) is 0 Å². The Kier molecular flexibility index (Phi) is 3.38. The molecule has 1 aromatic heterocycles. The van der Waals surface area contributed by atoms with E-state index in [2.05, 4.69) is 9.88 Å². The molecule has 0 aromatic carbocycles. The van der Waals surface area contributed by atoms with Crippen molar-refractivity contribution in [3.63, 3.8) is 0 Å². The first-order valence-corrected chi connectivity index (χ1v) is 5.83. The minimum atomic E-state index is -0.886. The van der Waals surface area contributed by atoms with Crippen LogP contribution in [0.1, 0.15) is 0 Å². The van der Waals surface area contributed by atoms with Crippen LogP contribution in [0.2, 0.25) is 0 Å². The lowest BCUT2D eigenvalue weighted by molar-refractivity contribution is -0.386. The van der Waals surface area contributed by atoms with Crippen molar-refractivity contribution in [3.8, 4) is 0 Å². The van der Waals surface area contributed by atoms with Crippen LogP contribution < -0.4 is 16.1 Å². The number of nitro groups is 1. The normalized spacial score (nSPS) is 16.6. The van der Waals surface area contributed by atoms with Gasteiger partial charge in [0.1, 0.15) is 0 Å². The Morgan fingerprint density at radius 1 is 1.16 bits per heavy atom. The van der Waals surface area contributed by atoms with E-state index in [1.54, 1.807) is 4.90 Å². The summed E-state index contributed by atoms with van der Waals surface area (Å²) in [5, 5.41) is 11.0. The summed E-state index contributed by atoms with van der Waals surface area (Å²) < 4.78 is 0.706. The zero-order valence-corrected chi connectivity index (χ0v) is 10.8. The summed E-state index contributed by atoms with van der Waals surface area (Å²) in [7, 11) is 3.15. The topological polar surface area (TPSA) is 104 Å². The largest absolute Gasteiger partial charge is 0.374 e. The zero-order chi connectivity index (χ0) is 14.2. The number of aromatic amines is 1. The molecule has 104 valence electrons. The van der Waals surface area contributed by atoms with Gasteiger partial charge in [-0.05, 0) is 7.05 Å². The Hall–Kier alpha value is -2.16. The van der Waals surface area contributed by atoms with E-state index < -0.39 is 21.9 Å². The van der Waals surface area contributed by atoms with Crippen molar-refractivity contribution in [1.29, 1.82) is 0 Å². The minimum Gasteiger partial charge on any atom is -0.350 e. The molecule has 1 aliphatic heterocycles. The first kappa shape index (κ1) is 13.3. The van der Waals surface area contributed by atoms with E-state index in [4.69, 9.17) is 0 Å². The molecular weight excluding hydrogens is 254 g/mol. The van der Waals surface area contributed by atoms with Crippen LogP contribution in [0.3, 0.4) is 0 Å². The second-order valence-corrected chi connectivity index (χ2v) is 4.54. The number of H-pyrrole nitrogens is 1. The molecule has 0 atom stereocenters. The molecular formula is C10H15N5O4. The van der Waals surface area contributed by atoms with Gasteiger partial charge < -0.3 is 9.80 Å². The highest BCUT2D eigenvalue weighted by Gasteiger charge is 2.28. The molecule has 0 unspecified atom stereocenters. The lowest BCUT2D eigenvalue weighted by Crippen LogP contribution is -2.47. The predicted octanol–water partition coefficient (Wildman–Crippen LogP) is -1.27. The van der Waals surface area contributed by atoms with Gasteiger partial charge in [-0.2, -0.15) is 0 Å². The molecule has 0 amide bonds. The van der Waals surface area contributed by atoms with Crippen LogP contribution in [0.25, 0.3) is 0 Å². The van der Waals surface area contributed by atoms with Crippen LogP contribution in [0.5, 0.6) is 0 Å². The third-order valence-corrected chi connectivity index (χ3v) is 3.26. The van der Waals surface area contributed by atoms with Crippen molar-refractivity contribution in [2.75, 3.05) is 38.1 Å². The molecule has 1 saturated heterocycles. The van der Waals surface area contributed by atoms with Crippen molar-refractivity contribution in [2.45, 2.75) is 0 Å². The number of hydrogen-bond donors (Lipinski definition) is 1. The van der Waals surface area contributed by atoms with E-state index >= 15 is 0 Å². The van der Waals surface area contributed by atoms with Crippen molar-refractivity contribution >= 4 is 11.5 Å². The van der Waals surface area contributed by atoms with E-state index in [9.17, 15) is 19.7 Å². The summed E-state index contributed by atoms with van der Waals surface area (Å²) in [6.45, 7) is 2.49. The maximum Gasteiger partial charge on any atom is 0.374 e. The Morgan fingerprint density at radius 2 is 1.74 bits per heavy atom. The van der Waals surface area contributed by atoms with Crippen molar-refractivity contribution in [1.82, 2.24) is 14.5 Å². The second kappa shape index (κ2) is 4.84. The van der Waals surface area contributed by atoms with E-state index in [0.717, 1.165) is 0 Å². The Morgan fingerprint density at radius 3 is 2.26 bits per heavy atom. The summed E-state index contributed by atoms with van der Waals surface area (Å²) >= 11 is 0. The van der Waals surface area contributed by atoms with Crippen LogP contribution in [0.4, 0.5) is 11.5 Å². The summed E-state index contributed by atoms with van der Waals surface area (Å²) in [6, 6.07) is 0. The van der Waals surface area contributed by atoms with Gasteiger partial charge >= 0.3 is 16.9 Å². The van der Waals surface area contributed by atoms with E-state index in [-0.39, 0.29) is 5.82 Å². The highest BCUT2D eigenvalue weighted by molar-refractivity contribution is 5.56. The zero-order valence-electron chi connectivity index (χ0n) is 10.8. The molecule has 2 heterocycles. The standard InChI is InChI=1S/C10H15N5O4/c1-12-3-5-14(6-4-12)8-7(15(18)19)9(16)13(2)10(17)11-8/h3-6H2,1-2H3,(H,11,17). The second-order valence-electron chi connectivity index (χ2n) is 4.54. The molecule has 19 heavy (non-hydrogen) atoms. The number of rotatable bonds is 2. The smallest absolute Gasteiger partial charge is 0.350 e. The molecule has 9 nitrogen and oxygen atoms in total. The molecule has 1 aromatic rings. The summed E-state index contributed by atoms with van der Waals surface area (Å²) in [5.41, 5.74) is -2.11. The average molecular weight is 269 g/mol. The predicted molar refractivity (Wildman–Crippen MR) is 68.7 cm³/mol. The Bertz CT molecular complexity index is 611. The van der Waals surface area contributed by atoms with Gasteiger partial charge in [0.2, 0.25) is 0 Å². The molecule has 0 spiro atoms. The van der Waals surface area contributed by atoms with Gasteiger partial charge in [0.05, 0.1) is 4.92 Å². The molecule has 0 aliphatic carbocycles. The molecule has 0 radical (unpaired) electrons. The van der Waals surface area contributed by atoms with Gasteiger partial charge in [-0.1, -0.05) is 0 Å². The van der Waals surface area contributed by atoms with Gasteiger partial charge in [0, 0.05) is 33.2 Å². The van der Waals surface area contributed by atoms with Crippen molar-refractivity contribution in [2.24, 2.45) is 7.05 Å². The number of anilines is 1. The maximum absolute atomic E-state index is 11.8. The number of nitrogens with zero attached hydrogens (tertiary/aromatic N) is 4. The van der Waals surface area contributed by atoms with Crippen LogP contribution in [-0.2, 0) is 7.05 Å². The first-order valence-electron chi connectivity index (χ1n) is 5.83.